The number of carbonyl (C=O) groups is 1. The van der Waals surface area contributed by atoms with Crippen LogP contribution in [0, 0.1) is 12.8 Å². The smallest absolute Gasteiger partial charge is 0.348 e. The van der Waals surface area contributed by atoms with Crippen LogP contribution in [0.3, 0.4) is 0 Å². The molecule has 22 heavy (non-hydrogen) atoms. The van der Waals surface area contributed by atoms with Crippen LogP contribution in [0.15, 0.2) is 6.33 Å². The van der Waals surface area contributed by atoms with Crippen LogP contribution in [-0.4, -0.2) is 35.1 Å². The number of aromatic nitrogens is 2. The van der Waals surface area contributed by atoms with Crippen molar-refractivity contribution in [2.24, 2.45) is 5.92 Å². The maximum absolute atomic E-state index is 12.1. The summed E-state index contributed by atoms with van der Waals surface area (Å²) in [6, 6.07) is 0.448. The Hall–Kier alpha value is -1.69. The van der Waals surface area contributed by atoms with Crippen LogP contribution in [0.5, 0.6) is 0 Å². The van der Waals surface area contributed by atoms with E-state index in [9.17, 15) is 4.79 Å². The Morgan fingerprint density at radius 1 is 1.45 bits per heavy atom. The standard InChI is InChI=1S/C16H21N3O2S/c1-5-21-16(20)13-10(3)12-14(17-8-18-15(12)22-13)19-7-6-9(2)11(19)4/h8-9,11H,5-7H2,1-4H3. The minimum atomic E-state index is -0.267. The number of carbonyl (C=O) groups excluding carboxylic acids is 1. The number of thiophene rings is 1. The third-order valence-corrected chi connectivity index (χ3v) is 5.76. The molecule has 2 aromatic rings. The highest BCUT2D eigenvalue weighted by molar-refractivity contribution is 7.20. The van der Waals surface area contributed by atoms with Gasteiger partial charge >= 0.3 is 5.97 Å². The first-order valence-corrected chi connectivity index (χ1v) is 8.54. The monoisotopic (exact) mass is 319 g/mol. The number of anilines is 1. The molecule has 3 rings (SSSR count). The first-order chi connectivity index (χ1) is 10.5. The number of hydrogen-bond acceptors (Lipinski definition) is 6. The number of rotatable bonds is 3. The molecule has 0 N–H and O–H groups in total. The molecule has 1 aliphatic heterocycles. The molecule has 0 saturated carbocycles. The second kappa shape index (κ2) is 5.83. The highest BCUT2D eigenvalue weighted by Gasteiger charge is 2.31. The van der Waals surface area contributed by atoms with Gasteiger partial charge in [-0.05, 0) is 38.7 Å². The second-order valence-electron chi connectivity index (χ2n) is 5.85. The molecular formula is C16H21N3O2S. The molecule has 0 amide bonds. The zero-order valence-corrected chi connectivity index (χ0v) is 14.2. The van der Waals surface area contributed by atoms with Crippen LogP contribution in [0.2, 0.25) is 0 Å². The molecule has 0 spiro atoms. The second-order valence-corrected chi connectivity index (χ2v) is 6.85. The third kappa shape index (κ3) is 2.35. The maximum atomic E-state index is 12.1. The van der Waals surface area contributed by atoms with E-state index in [4.69, 9.17) is 4.74 Å². The number of hydrogen-bond donors (Lipinski definition) is 0. The molecule has 3 heterocycles. The lowest BCUT2D eigenvalue weighted by Crippen LogP contribution is -2.30. The fourth-order valence-corrected chi connectivity index (χ4v) is 4.09. The zero-order chi connectivity index (χ0) is 15.9. The summed E-state index contributed by atoms with van der Waals surface area (Å²) in [4.78, 5) is 24.8. The van der Waals surface area contributed by atoms with Gasteiger partial charge in [0.2, 0.25) is 0 Å². The molecule has 1 saturated heterocycles. The van der Waals surface area contributed by atoms with Gasteiger partial charge in [-0.3, -0.25) is 0 Å². The van der Waals surface area contributed by atoms with E-state index in [1.165, 1.54) is 17.8 Å². The van der Waals surface area contributed by atoms with E-state index in [1.54, 1.807) is 6.33 Å². The van der Waals surface area contributed by atoms with E-state index in [1.807, 2.05) is 13.8 Å². The highest BCUT2D eigenvalue weighted by Crippen LogP contribution is 2.38. The number of ether oxygens (including phenoxy) is 1. The first-order valence-electron chi connectivity index (χ1n) is 7.72. The lowest BCUT2D eigenvalue weighted by molar-refractivity contribution is 0.0531. The van der Waals surface area contributed by atoms with Gasteiger partial charge < -0.3 is 9.64 Å². The van der Waals surface area contributed by atoms with Gasteiger partial charge in [-0.25, -0.2) is 14.8 Å². The summed E-state index contributed by atoms with van der Waals surface area (Å²) in [5.41, 5.74) is 0.931. The van der Waals surface area contributed by atoms with Crippen LogP contribution < -0.4 is 4.90 Å². The summed E-state index contributed by atoms with van der Waals surface area (Å²) in [5, 5.41) is 0.997. The molecule has 2 unspecified atom stereocenters. The average Bonchev–Trinajstić information content (AvgIpc) is 3.01. The molecule has 6 heteroatoms. The fraction of sp³-hybridized carbons (Fsp3) is 0.562. The van der Waals surface area contributed by atoms with Crippen LogP contribution in [0.1, 0.15) is 42.4 Å². The third-order valence-electron chi connectivity index (χ3n) is 4.58. The Balaban J connectivity index is 2.11. The Kier molecular flexibility index (Phi) is 4.04. The van der Waals surface area contributed by atoms with Gasteiger partial charge in [-0.1, -0.05) is 6.92 Å². The summed E-state index contributed by atoms with van der Waals surface area (Å²) in [6.45, 7) is 9.67. The van der Waals surface area contributed by atoms with Gasteiger partial charge in [0.1, 0.15) is 21.9 Å². The van der Waals surface area contributed by atoms with Gasteiger partial charge in [0.15, 0.2) is 0 Å². The van der Waals surface area contributed by atoms with E-state index >= 15 is 0 Å². The SMILES string of the molecule is CCOC(=O)c1sc2ncnc(N3CCC(C)C3C)c2c1C. The van der Waals surface area contributed by atoms with Crippen LogP contribution in [-0.2, 0) is 4.74 Å². The summed E-state index contributed by atoms with van der Waals surface area (Å²) < 4.78 is 5.15. The quantitative estimate of drug-likeness (QED) is 0.812. The van der Waals surface area contributed by atoms with Crippen molar-refractivity contribution in [2.75, 3.05) is 18.1 Å². The van der Waals surface area contributed by atoms with E-state index in [0.29, 0.717) is 23.4 Å². The van der Waals surface area contributed by atoms with Gasteiger partial charge in [0, 0.05) is 12.6 Å². The molecule has 1 aliphatic rings. The van der Waals surface area contributed by atoms with Crippen molar-refractivity contribution < 1.29 is 9.53 Å². The van der Waals surface area contributed by atoms with E-state index in [2.05, 4.69) is 28.7 Å². The lowest BCUT2D eigenvalue weighted by atomic mass is 10.1. The number of fused-ring (bicyclic) bond motifs is 1. The first kappa shape index (κ1) is 15.2. The Morgan fingerprint density at radius 3 is 2.86 bits per heavy atom. The average molecular weight is 319 g/mol. The summed E-state index contributed by atoms with van der Waals surface area (Å²) in [6.07, 6.45) is 2.76. The van der Waals surface area contributed by atoms with Gasteiger partial charge in [-0.15, -0.1) is 11.3 Å². The Bertz CT molecular complexity index is 713. The molecule has 0 radical (unpaired) electrons. The molecular weight excluding hydrogens is 298 g/mol. The van der Waals surface area contributed by atoms with E-state index in [0.717, 1.165) is 28.1 Å². The maximum Gasteiger partial charge on any atom is 0.348 e. The molecule has 2 aromatic heterocycles. The zero-order valence-electron chi connectivity index (χ0n) is 13.4. The van der Waals surface area contributed by atoms with Gasteiger partial charge in [-0.2, -0.15) is 0 Å². The van der Waals surface area contributed by atoms with Gasteiger partial charge in [0.05, 0.1) is 12.0 Å². The Labute approximate surface area is 134 Å². The van der Waals surface area contributed by atoms with Crippen molar-refractivity contribution in [3.8, 4) is 0 Å². The predicted octanol–water partition coefficient (Wildman–Crippen LogP) is 3.41. The molecule has 0 aromatic carbocycles. The van der Waals surface area contributed by atoms with Crippen LogP contribution >= 0.6 is 11.3 Å². The number of esters is 1. The summed E-state index contributed by atoms with van der Waals surface area (Å²) in [5.74, 6) is 1.33. The minimum absolute atomic E-state index is 0.267. The van der Waals surface area contributed by atoms with Crippen LogP contribution in [0.25, 0.3) is 10.2 Å². The van der Waals surface area contributed by atoms with Crippen molar-refractivity contribution in [3.05, 3.63) is 16.8 Å². The van der Waals surface area contributed by atoms with E-state index in [-0.39, 0.29) is 5.97 Å². The number of nitrogens with zero attached hydrogens (tertiary/aromatic N) is 3. The largest absolute Gasteiger partial charge is 0.462 e. The highest BCUT2D eigenvalue weighted by atomic mass is 32.1. The normalized spacial score (nSPS) is 21.5. The molecule has 0 bridgehead atoms. The van der Waals surface area contributed by atoms with Crippen molar-refractivity contribution in [1.29, 1.82) is 0 Å². The molecule has 0 aliphatic carbocycles. The van der Waals surface area contributed by atoms with Crippen LogP contribution in [0.4, 0.5) is 5.82 Å². The molecule has 118 valence electrons. The molecule has 1 fully saturated rings. The number of aryl methyl sites for hydroxylation is 1. The van der Waals surface area contributed by atoms with Crippen molar-refractivity contribution in [2.45, 2.75) is 40.2 Å². The van der Waals surface area contributed by atoms with Crippen molar-refractivity contribution in [1.82, 2.24) is 9.97 Å². The van der Waals surface area contributed by atoms with Crippen molar-refractivity contribution >= 4 is 33.3 Å². The minimum Gasteiger partial charge on any atom is -0.462 e. The van der Waals surface area contributed by atoms with Gasteiger partial charge in [0.25, 0.3) is 0 Å². The van der Waals surface area contributed by atoms with E-state index < -0.39 is 0 Å². The topological polar surface area (TPSA) is 55.3 Å². The molecule has 5 nitrogen and oxygen atoms in total. The summed E-state index contributed by atoms with van der Waals surface area (Å²) in [7, 11) is 0. The summed E-state index contributed by atoms with van der Waals surface area (Å²) >= 11 is 1.39. The predicted molar refractivity (Wildman–Crippen MR) is 88.7 cm³/mol. The lowest BCUT2D eigenvalue weighted by Gasteiger charge is -2.25. The van der Waals surface area contributed by atoms with Crippen molar-refractivity contribution in [3.63, 3.8) is 0 Å². The fourth-order valence-electron chi connectivity index (χ4n) is 3.06. The Morgan fingerprint density at radius 2 is 2.23 bits per heavy atom. The molecule has 2 atom stereocenters.